The number of aliphatic carboxylic acids is 1. The van der Waals surface area contributed by atoms with E-state index in [0.717, 1.165) is 16.7 Å². The van der Waals surface area contributed by atoms with E-state index in [1.165, 1.54) is 6.92 Å². The summed E-state index contributed by atoms with van der Waals surface area (Å²) in [4.78, 5) is 24.7. The van der Waals surface area contributed by atoms with Crippen LogP contribution in [-0.4, -0.2) is 32.2 Å². The summed E-state index contributed by atoms with van der Waals surface area (Å²) in [5.74, 6) is -1.53. The highest BCUT2D eigenvalue weighted by Gasteiger charge is 2.38. The molecule has 0 saturated carbocycles. The van der Waals surface area contributed by atoms with Gasteiger partial charge in [-0.15, -0.1) is 0 Å². The van der Waals surface area contributed by atoms with Crippen molar-refractivity contribution in [1.29, 1.82) is 0 Å². The van der Waals surface area contributed by atoms with Gasteiger partial charge in [-0.3, -0.25) is 9.69 Å². The van der Waals surface area contributed by atoms with Gasteiger partial charge >= 0.3 is 5.97 Å². The van der Waals surface area contributed by atoms with Crippen LogP contribution in [0.2, 0.25) is 10.0 Å². The fourth-order valence-electron chi connectivity index (χ4n) is 1.68. The van der Waals surface area contributed by atoms with E-state index < -0.39 is 17.9 Å². The predicted octanol–water partition coefficient (Wildman–Crippen LogP) is 3.67. The normalized spacial score (nSPS) is 18.4. The number of carboxylic acid groups (broad SMARTS) is 1. The third-order valence-electron chi connectivity index (χ3n) is 2.81. The summed E-state index contributed by atoms with van der Waals surface area (Å²) >= 11 is 17.9. The molecular formula is C13H9Cl2NO3S2. The molecule has 110 valence electrons. The molecule has 4 nitrogen and oxygen atoms in total. The van der Waals surface area contributed by atoms with Gasteiger partial charge in [-0.05, 0) is 30.7 Å². The molecule has 8 heteroatoms. The zero-order valence-corrected chi connectivity index (χ0v) is 13.8. The number of nitrogens with zero attached hydrogens (tertiary/aromatic N) is 1. The van der Waals surface area contributed by atoms with Crippen LogP contribution in [-0.2, 0) is 9.59 Å². The lowest BCUT2D eigenvalue weighted by Crippen LogP contribution is -2.41. The molecule has 1 amide bonds. The average Bonchev–Trinajstić information content (AvgIpc) is 2.68. The van der Waals surface area contributed by atoms with Gasteiger partial charge in [0.15, 0.2) is 0 Å². The molecule has 2 rings (SSSR count). The highest BCUT2D eigenvalue weighted by Crippen LogP contribution is 2.34. The molecule has 0 radical (unpaired) electrons. The molecule has 0 spiro atoms. The second-order valence-corrected chi connectivity index (χ2v) is 6.73. The van der Waals surface area contributed by atoms with Crippen molar-refractivity contribution in [2.75, 3.05) is 0 Å². The zero-order valence-electron chi connectivity index (χ0n) is 10.7. The van der Waals surface area contributed by atoms with Gasteiger partial charge in [-0.25, -0.2) is 4.79 Å². The van der Waals surface area contributed by atoms with Crippen molar-refractivity contribution < 1.29 is 14.7 Å². The largest absolute Gasteiger partial charge is 0.480 e. The molecule has 0 aromatic heterocycles. The molecule has 0 aliphatic carbocycles. The van der Waals surface area contributed by atoms with Crippen molar-refractivity contribution in [1.82, 2.24) is 4.90 Å². The Morgan fingerprint density at radius 3 is 2.67 bits per heavy atom. The second kappa shape index (κ2) is 6.36. The summed E-state index contributed by atoms with van der Waals surface area (Å²) in [7, 11) is 0. The van der Waals surface area contributed by atoms with Crippen molar-refractivity contribution in [2.24, 2.45) is 0 Å². The highest BCUT2D eigenvalue weighted by molar-refractivity contribution is 8.26. The summed E-state index contributed by atoms with van der Waals surface area (Å²) in [6, 6.07) is 3.95. The number of hydrogen-bond acceptors (Lipinski definition) is 4. The summed E-state index contributed by atoms with van der Waals surface area (Å²) in [5.41, 5.74) is 0.688. The van der Waals surface area contributed by atoms with E-state index >= 15 is 0 Å². The van der Waals surface area contributed by atoms with Gasteiger partial charge in [0, 0.05) is 0 Å². The number of halogens is 2. The molecule has 1 aromatic carbocycles. The van der Waals surface area contributed by atoms with Crippen LogP contribution in [0.25, 0.3) is 6.08 Å². The Balaban J connectivity index is 2.32. The SMILES string of the molecule is CC(C(=O)O)N1C(=O)/C(=C/c2ccc(Cl)c(Cl)c2)SC1=S. The highest BCUT2D eigenvalue weighted by atomic mass is 35.5. The summed E-state index contributed by atoms with van der Waals surface area (Å²) < 4.78 is 0.223. The maximum Gasteiger partial charge on any atom is 0.326 e. The lowest BCUT2D eigenvalue weighted by atomic mass is 10.2. The van der Waals surface area contributed by atoms with Crippen molar-refractivity contribution >= 4 is 69.5 Å². The van der Waals surface area contributed by atoms with Crippen LogP contribution in [0.5, 0.6) is 0 Å². The number of thioether (sulfide) groups is 1. The Morgan fingerprint density at radius 2 is 2.10 bits per heavy atom. The van der Waals surface area contributed by atoms with E-state index in [9.17, 15) is 9.59 Å². The topological polar surface area (TPSA) is 57.6 Å². The Bertz CT molecular complexity index is 675. The predicted molar refractivity (Wildman–Crippen MR) is 88.6 cm³/mol. The quantitative estimate of drug-likeness (QED) is 0.657. The molecule has 1 heterocycles. The molecule has 21 heavy (non-hydrogen) atoms. The third-order valence-corrected chi connectivity index (χ3v) is 4.88. The summed E-state index contributed by atoms with van der Waals surface area (Å²) in [5, 5.41) is 9.80. The lowest BCUT2D eigenvalue weighted by Gasteiger charge is -2.18. The Hall–Kier alpha value is -1.08. The van der Waals surface area contributed by atoms with Gasteiger partial charge < -0.3 is 5.11 Å². The molecule has 1 N–H and O–H groups in total. The number of carbonyl (C=O) groups is 2. The minimum Gasteiger partial charge on any atom is -0.480 e. The van der Waals surface area contributed by atoms with Gasteiger partial charge in [-0.2, -0.15) is 0 Å². The van der Waals surface area contributed by atoms with E-state index in [1.807, 2.05) is 0 Å². The van der Waals surface area contributed by atoms with Crippen molar-refractivity contribution in [3.63, 3.8) is 0 Å². The first kappa shape index (κ1) is 16.3. The fraction of sp³-hybridized carbons (Fsp3) is 0.154. The molecule has 1 fully saturated rings. The van der Waals surface area contributed by atoms with Gasteiger partial charge in [-0.1, -0.05) is 53.2 Å². The molecule has 1 atom stereocenters. The van der Waals surface area contributed by atoms with Crippen LogP contribution in [0, 0.1) is 0 Å². The van der Waals surface area contributed by atoms with E-state index in [4.69, 9.17) is 40.5 Å². The first-order valence-electron chi connectivity index (χ1n) is 5.76. The lowest BCUT2D eigenvalue weighted by molar-refractivity contribution is -0.144. The molecular weight excluding hydrogens is 353 g/mol. The van der Waals surface area contributed by atoms with Crippen LogP contribution in [0.1, 0.15) is 12.5 Å². The van der Waals surface area contributed by atoms with E-state index in [-0.39, 0.29) is 4.32 Å². The summed E-state index contributed by atoms with van der Waals surface area (Å²) in [6.07, 6.45) is 1.61. The molecule has 1 aliphatic heterocycles. The molecule has 0 bridgehead atoms. The van der Waals surface area contributed by atoms with Gasteiger partial charge in [0.2, 0.25) is 0 Å². The maximum atomic E-state index is 12.2. The van der Waals surface area contributed by atoms with E-state index in [2.05, 4.69) is 0 Å². The number of rotatable bonds is 3. The maximum absolute atomic E-state index is 12.2. The van der Waals surface area contributed by atoms with Crippen molar-refractivity contribution in [3.8, 4) is 0 Å². The molecule has 1 aliphatic rings. The monoisotopic (exact) mass is 361 g/mol. The number of carbonyl (C=O) groups excluding carboxylic acids is 1. The molecule has 1 saturated heterocycles. The van der Waals surface area contributed by atoms with Crippen LogP contribution in [0.15, 0.2) is 23.1 Å². The van der Waals surface area contributed by atoms with E-state index in [0.29, 0.717) is 20.5 Å². The van der Waals surface area contributed by atoms with Crippen molar-refractivity contribution in [3.05, 3.63) is 38.7 Å². The minimum absolute atomic E-state index is 0.223. The molecule has 1 unspecified atom stereocenters. The number of carboxylic acids is 1. The first-order chi connectivity index (χ1) is 9.81. The smallest absolute Gasteiger partial charge is 0.326 e. The Morgan fingerprint density at radius 1 is 1.43 bits per heavy atom. The van der Waals surface area contributed by atoms with Crippen LogP contribution in [0.3, 0.4) is 0 Å². The second-order valence-electron chi connectivity index (χ2n) is 4.24. The first-order valence-corrected chi connectivity index (χ1v) is 7.74. The van der Waals surface area contributed by atoms with Gasteiger partial charge in [0.1, 0.15) is 10.4 Å². The zero-order chi connectivity index (χ0) is 15.7. The Kier molecular flexibility index (Phi) is 4.93. The van der Waals surface area contributed by atoms with Crippen molar-refractivity contribution in [2.45, 2.75) is 13.0 Å². The average molecular weight is 362 g/mol. The van der Waals surface area contributed by atoms with Crippen LogP contribution in [0.4, 0.5) is 0 Å². The number of amides is 1. The Labute approximate surface area is 140 Å². The van der Waals surface area contributed by atoms with Crippen LogP contribution >= 0.6 is 47.2 Å². The molecule has 1 aromatic rings. The van der Waals surface area contributed by atoms with Crippen LogP contribution < -0.4 is 0 Å². The minimum atomic E-state index is -1.11. The number of hydrogen-bond donors (Lipinski definition) is 1. The summed E-state index contributed by atoms with van der Waals surface area (Å²) in [6.45, 7) is 1.41. The van der Waals surface area contributed by atoms with Gasteiger partial charge in [0.25, 0.3) is 5.91 Å². The number of thiocarbonyl (C=S) groups is 1. The van der Waals surface area contributed by atoms with E-state index in [1.54, 1.807) is 24.3 Å². The third kappa shape index (κ3) is 3.40. The number of benzene rings is 1. The van der Waals surface area contributed by atoms with Gasteiger partial charge in [0.05, 0.1) is 15.0 Å². The standard InChI is InChI=1S/C13H9Cl2NO3S2/c1-6(12(18)19)16-11(17)10(21-13(16)20)5-7-2-3-8(14)9(15)4-7/h2-6H,1H3,(H,18,19)/b10-5-. The fourth-order valence-corrected chi connectivity index (χ4v) is 3.40.